The normalized spacial score (nSPS) is 14.0. The van der Waals surface area contributed by atoms with E-state index in [2.05, 4.69) is 76.2 Å². The number of unbranched alkanes of at least 4 members (excludes halogenated alkanes) is 5. The molecule has 3 rings (SSSR count). The van der Waals surface area contributed by atoms with Gasteiger partial charge in [0.1, 0.15) is 0 Å². The minimum Gasteiger partial charge on any atom is -0.493 e. The van der Waals surface area contributed by atoms with E-state index in [4.69, 9.17) is 0 Å². The number of nitrogens with zero attached hydrogens (tertiary/aromatic N) is 2. The second kappa shape index (κ2) is 12.7. The number of allylic oxidation sites excluding steroid dienone is 2. The van der Waals surface area contributed by atoms with E-state index in [1.807, 2.05) is 0 Å². The predicted molar refractivity (Wildman–Crippen MR) is 142 cm³/mol. The summed E-state index contributed by atoms with van der Waals surface area (Å²) in [5.74, 6) is 0. The van der Waals surface area contributed by atoms with E-state index >= 15 is 0 Å². The first kappa shape index (κ1) is 25.1. The largest absolute Gasteiger partial charge is 0.493 e. The van der Waals surface area contributed by atoms with Crippen LogP contribution in [0.2, 0.25) is 0 Å². The van der Waals surface area contributed by atoms with E-state index in [1.165, 1.54) is 65.5 Å². The number of benzene rings is 2. The summed E-state index contributed by atoms with van der Waals surface area (Å²) in [5, 5.41) is 0. The van der Waals surface area contributed by atoms with Crippen molar-refractivity contribution in [2.24, 2.45) is 0 Å². The summed E-state index contributed by atoms with van der Waals surface area (Å²) in [6.45, 7) is 8.87. The Morgan fingerprint density at radius 3 is 1.61 bits per heavy atom. The maximum Gasteiger partial charge on any atom is 0.211 e. The molecule has 0 unspecified atom stereocenters. The molecular weight excluding hydrogens is 400 g/mol. The fraction of sp³-hybridized carbons (Fsp3) is 0.484. The van der Waals surface area contributed by atoms with Crippen LogP contribution in [-0.4, -0.2) is 4.70 Å². The van der Waals surface area contributed by atoms with Crippen LogP contribution in [0.4, 0.5) is 0 Å². The molecule has 0 amide bonds. The Hall–Kier alpha value is -2.48. The Bertz CT molecular complexity index is 975. The van der Waals surface area contributed by atoms with Crippen LogP contribution in [0.15, 0.2) is 59.7 Å². The topological polar surface area (TPSA) is 25.3 Å². The molecule has 0 saturated heterocycles. The monoisotopic (exact) mass is 442 g/mol. The molecule has 2 nitrogen and oxygen atoms in total. The third-order valence-electron chi connectivity index (χ3n) is 6.79. The number of hydrogen-bond acceptors (Lipinski definition) is 0. The third kappa shape index (κ3) is 6.31. The Morgan fingerprint density at radius 1 is 0.576 bits per heavy atom. The third-order valence-corrected chi connectivity index (χ3v) is 6.79. The lowest BCUT2D eigenvalue weighted by Crippen LogP contribution is -2.02. The molecule has 2 aromatic rings. The van der Waals surface area contributed by atoms with E-state index in [-0.39, 0.29) is 0 Å². The maximum absolute atomic E-state index is 11.6. The van der Waals surface area contributed by atoms with Crippen LogP contribution in [0, 0.1) is 6.92 Å². The van der Waals surface area contributed by atoms with Gasteiger partial charge in [0, 0.05) is 22.3 Å². The molecule has 2 aromatic carbocycles. The Kier molecular flexibility index (Phi) is 9.66. The van der Waals surface area contributed by atoms with Crippen LogP contribution < -0.4 is 0 Å². The second-order valence-electron chi connectivity index (χ2n) is 9.55. The lowest BCUT2D eigenvalue weighted by Gasteiger charge is -2.10. The zero-order chi connectivity index (χ0) is 23.6. The van der Waals surface area contributed by atoms with Gasteiger partial charge in [-0.25, -0.2) is 4.70 Å². The van der Waals surface area contributed by atoms with Crippen LogP contribution in [0.3, 0.4) is 0 Å². The van der Waals surface area contributed by atoms with Crippen LogP contribution in [-0.2, 0) is 6.42 Å². The summed E-state index contributed by atoms with van der Waals surface area (Å²) in [4.78, 5) is 0. The minimum absolute atomic E-state index is 0.989. The minimum atomic E-state index is 0.989. The van der Waals surface area contributed by atoms with Crippen molar-refractivity contribution in [3.05, 3.63) is 87.5 Å². The molecule has 1 aliphatic rings. The summed E-state index contributed by atoms with van der Waals surface area (Å²) in [7, 11) is 0. The van der Waals surface area contributed by atoms with Gasteiger partial charge < -0.3 is 5.53 Å². The standard InChI is InChI=1S/C31H42N2/c1-5-8-11-12-15-29-28(14-10-7-3)31(27-22-18-25(19-23-27)13-9-6-2)33(32)30(29)26-20-16-24(4)17-21-26/h16-23H,5-15H2,1-4H3. The van der Waals surface area contributed by atoms with Gasteiger partial charge in [0.05, 0.1) is 0 Å². The molecule has 1 heterocycles. The van der Waals surface area contributed by atoms with Crippen molar-refractivity contribution < 1.29 is 4.70 Å². The molecule has 0 aliphatic carbocycles. The molecule has 0 fully saturated rings. The first-order valence-corrected chi connectivity index (χ1v) is 13.2. The van der Waals surface area contributed by atoms with Crippen molar-refractivity contribution >= 4 is 11.4 Å². The van der Waals surface area contributed by atoms with E-state index in [9.17, 15) is 5.53 Å². The molecular formula is C31H42N2. The van der Waals surface area contributed by atoms with Gasteiger partial charge in [-0.1, -0.05) is 82.7 Å². The molecule has 2 heteroatoms. The zero-order valence-corrected chi connectivity index (χ0v) is 21.3. The molecule has 1 aliphatic heterocycles. The Labute approximate surface area is 201 Å². The van der Waals surface area contributed by atoms with E-state index in [0.717, 1.165) is 54.6 Å². The maximum atomic E-state index is 11.6. The summed E-state index contributed by atoms with van der Waals surface area (Å²) >= 11 is 0. The zero-order valence-electron chi connectivity index (χ0n) is 21.3. The van der Waals surface area contributed by atoms with Crippen molar-refractivity contribution in [3.8, 4) is 0 Å². The highest BCUT2D eigenvalue weighted by molar-refractivity contribution is 5.82. The molecule has 0 bridgehead atoms. The highest BCUT2D eigenvalue weighted by Crippen LogP contribution is 2.44. The van der Waals surface area contributed by atoms with Gasteiger partial charge in [0.15, 0.2) is 0 Å². The molecule has 0 atom stereocenters. The van der Waals surface area contributed by atoms with Crippen molar-refractivity contribution in [2.75, 3.05) is 0 Å². The Balaban J connectivity index is 2.04. The molecule has 0 saturated carbocycles. The van der Waals surface area contributed by atoms with Crippen molar-refractivity contribution in [1.29, 1.82) is 0 Å². The molecule has 0 aromatic heterocycles. The summed E-state index contributed by atoms with van der Waals surface area (Å²) in [5.41, 5.74) is 21.1. The van der Waals surface area contributed by atoms with Crippen LogP contribution in [0.5, 0.6) is 0 Å². The first-order chi connectivity index (χ1) is 16.1. The molecule has 0 spiro atoms. The predicted octanol–water partition coefficient (Wildman–Crippen LogP) is 9.67. The van der Waals surface area contributed by atoms with Crippen LogP contribution in [0.1, 0.15) is 107 Å². The summed E-state index contributed by atoms with van der Waals surface area (Å²) in [6, 6.07) is 17.5. The average molecular weight is 443 g/mol. The van der Waals surface area contributed by atoms with Gasteiger partial charge in [0.25, 0.3) is 0 Å². The molecule has 33 heavy (non-hydrogen) atoms. The number of hydrogen-bond donors (Lipinski definition) is 0. The molecule has 0 N–H and O–H groups in total. The van der Waals surface area contributed by atoms with Crippen molar-refractivity contribution in [3.63, 3.8) is 0 Å². The van der Waals surface area contributed by atoms with E-state index in [1.54, 1.807) is 0 Å². The average Bonchev–Trinajstić information content (AvgIpc) is 3.11. The quantitative estimate of drug-likeness (QED) is 0.218. The van der Waals surface area contributed by atoms with Gasteiger partial charge in [-0.3, -0.25) is 0 Å². The molecule has 0 radical (unpaired) electrons. The van der Waals surface area contributed by atoms with Crippen LogP contribution in [0.25, 0.3) is 16.9 Å². The van der Waals surface area contributed by atoms with Gasteiger partial charge in [-0.05, 0) is 75.3 Å². The highest BCUT2D eigenvalue weighted by Gasteiger charge is 2.34. The lowest BCUT2D eigenvalue weighted by molar-refractivity contribution is -0.345. The highest BCUT2D eigenvalue weighted by atomic mass is 15.2. The lowest BCUT2D eigenvalue weighted by atomic mass is 9.91. The van der Waals surface area contributed by atoms with Gasteiger partial charge in [0.2, 0.25) is 11.4 Å². The van der Waals surface area contributed by atoms with Crippen molar-refractivity contribution in [2.45, 2.75) is 98.3 Å². The fourth-order valence-electron chi connectivity index (χ4n) is 4.79. The number of rotatable bonds is 13. The second-order valence-corrected chi connectivity index (χ2v) is 9.55. The van der Waals surface area contributed by atoms with Gasteiger partial charge in [-0.15, -0.1) is 0 Å². The van der Waals surface area contributed by atoms with Gasteiger partial charge >= 0.3 is 0 Å². The number of aryl methyl sites for hydroxylation is 2. The smallest absolute Gasteiger partial charge is 0.211 e. The van der Waals surface area contributed by atoms with E-state index < -0.39 is 0 Å². The SMILES string of the molecule is CCCCCCC1=C(c2ccc(C)cc2)[N+](=[N-])C(c2ccc(CCCC)cc2)=C1CCCC. The summed E-state index contributed by atoms with van der Waals surface area (Å²) < 4.78 is 1.51. The van der Waals surface area contributed by atoms with Crippen molar-refractivity contribution in [1.82, 2.24) is 0 Å². The van der Waals surface area contributed by atoms with Crippen LogP contribution >= 0.6 is 0 Å². The van der Waals surface area contributed by atoms with Gasteiger partial charge in [-0.2, -0.15) is 0 Å². The fourth-order valence-corrected chi connectivity index (χ4v) is 4.79. The van der Waals surface area contributed by atoms with E-state index in [0.29, 0.717) is 0 Å². The first-order valence-electron chi connectivity index (χ1n) is 13.2. The molecule has 176 valence electrons. The Morgan fingerprint density at radius 2 is 1.06 bits per heavy atom. The summed E-state index contributed by atoms with van der Waals surface area (Å²) in [6.07, 6.45) is 12.8.